The van der Waals surface area contributed by atoms with Crippen LogP contribution in [-0.4, -0.2) is 17.1 Å². The van der Waals surface area contributed by atoms with Crippen LogP contribution in [0.4, 0.5) is 0 Å². The van der Waals surface area contributed by atoms with Crippen molar-refractivity contribution in [3.63, 3.8) is 0 Å². The molecule has 1 N–H and O–H groups in total. The summed E-state index contributed by atoms with van der Waals surface area (Å²) in [7, 11) is 0. The number of benzene rings is 1. The van der Waals surface area contributed by atoms with Gasteiger partial charge in [0.2, 0.25) is 0 Å². The van der Waals surface area contributed by atoms with Gasteiger partial charge in [-0.25, -0.2) is 0 Å². The Bertz CT molecular complexity index is 775. The summed E-state index contributed by atoms with van der Waals surface area (Å²) < 4.78 is 6.20. The van der Waals surface area contributed by atoms with Crippen molar-refractivity contribution in [2.45, 2.75) is 26.3 Å². The SMILES string of the molecule is Cc1cc(C(=O)NC(C)Cc2csc3ccccc23)no1. The summed E-state index contributed by atoms with van der Waals surface area (Å²) in [6.45, 7) is 3.77. The van der Waals surface area contributed by atoms with Crippen LogP contribution in [0.1, 0.15) is 28.7 Å². The predicted octanol–water partition coefficient (Wildman–Crippen LogP) is 3.56. The normalized spacial score (nSPS) is 12.5. The minimum atomic E-state index is -0.195. The van der Waals surface area contributed by atoms with E-state index < -0.39 is 0 Å². The van der Waals surface area contributed by atoms with Gasteiger partial charge in [0, 0.05) is 16.8 Å². The Kier molecular flexibility index (Phi) is 3.75. The number of thiophene rings is 1. The summed E-state index contributed by atoms with van der Waals surface area (Å²) in [5.74, 6) is 0.440. The van der Waals surface area contributed by atoms with Gasteiger partial charge < -0.3 is 9.84 Å². The van der Waals surface area contributed by atoms with Crippen molar-refractivity contribution in [1.82, 2.24) is 10.5 Å². The number of hydrogen-bond donors (Lipinski definition) is 1. The number of aryl methyl sites for hydroxylation is 1. The zero-order valence-electron chi connectivity index (χ0n) is 11.9. The van der Waals surface area contributed by atoms with Crippen LogP contribution in [0.5, 0.6) is 0 Å². The average molecular weight is 300 g/mol. The molecule has 0 spiro atoms. The van der Waals surface area contributed by atoms with Crippen LogP contribution < -0.4 is 5.32 Å². The van der Waals surface area contributed by atoms with Gasteiger partial charge in [-0.3, -0.25) is 4.79 Å². The topological polar surface area (TPSA) is 55.1 Å². The second-order valence-electron chi connectivity index (χ2n) is 5.16. The van der Waals surface area contributed by atoms with Crippen LogP contribution in [0.3, 0.4) is 0 Å². The van der Waals surface area contributed by atoms with Crippen LogP contribution in [-0.2, 0) is 6.42 Å². The van der Waals surface area contributed by atoms with Crippen molar-refractivity contribution < 1.29 is 9.32 Å². The lowest BCUT2D eigenvalue weighted by molar-refractivity contribution is 0.0931. The van der Waals surface area contributed by atoms with Gasteiger partial charge in [-0.1, -0.05) is 23.4 Å². The number of aromatic nitrogens is 1. The number of nitrogens with zero attached hydrogens (tertiary/aromatic N) is 1. The number of carbonyl (C=O) groups excluding carboxylic acids is 1. The molecule has 108 valence electrons. The molecule has 1 atom stereocenters. The number of hydrogen-bond acceptors (Lipinski definition) is 4. The van der Waals surface area contributed by atoms with Gasteiger partial charge in [0.25, 0.3) is 5.91 Å². The Balaban J connectivity index is 1.69. The number of rotatable bonds is 4. The largest absolute Gasteiger partial charge is 0.361 e. The Labute approximate surface area is 126 Å². The molecule has 1 aromatic carbocycles. The number of nitrogens with one attached hydrogen (secondary N) is 1. The lowest BCUT2D eigenvalue weighted by Crippen LogP contribution is -2.34. The van der Waals surface area contributed by atoms with Crippen molar-refractivity contribution >= 4 is 27.3 Å². The highest BCUT2D eigenvalue weighted by molar-refractivity contribution is 7.17. The maximum absolute atomic E-state index is 12.0. The molecule has 4 nitrogen and oxygen atoms in total. The van der Waals surface area contributed by atoms with E-state index in [1.54, 1.807) is 24.3 Å². The molecule has 1 unspecified atom stereocenters. The summed E-state index contributed by atoms with van der Waals surface area (Å²) in [6.07, 6.45) is 0.798. The van der Waals surface area contributed by atoms with Crippen LogP contribution in [0.15, 0.2) is 40.2 Å². The first-order valence-electron chi connectivity index (χ1n) is 6.83. The van der Waals surface area contributed by atoms with Gasteiger partial charge >= 0.3 is 0 Å². The molecule has 21 heavy (non-hydrogen) atoms. The first-order chi connectivity index (χ1) is 10.1. The fourth-order valence-corrected chi connectivity index (χ4v) is 3.32. The van der Waals surface area contributed by atoms with Crippen molar-refractivity contribution in [3.8, 4) is 0 Å². The van der Waals surface area contributed by atoms with Gasteiger partial charge in [0.1, 0.15) is 5.76 Å². The molecule has 0 aliphatic rings. The fourth-order valence-electron chi connectivity index (χ4n) is 2.34. The second kappa shape index (κ2) is 5.69. The predicted molar refractivity (Wildman–Crippen MR) is 83.7 cm³/mol. The van der Waals surface area contributed by atoms with Crippen molar-refractivity contribution in [1.29, 1.82) is 0 Å². The van der Waals surface area contributed by atoms with E-state index in [9.17, 15) is 4.79 Å². The van der Waals surface area contributed by atoms with Gasteiger partial charge in [0.05, 0.1) is 0 Å². The van der Waals surface area contributed by atoms with Crippen LogP contribution in [0.25, 0.3) is 10.1 Å². The molecule has 0 fully saturated rings. The molecule has 0 saturated heterocycles. The lowest BCUT2D eigenvalue weighted by Gasteiger charge is -2.12. The summed E-state index contributed by atoms with van der Waals surface area (Å²) in [4.78, 5) is 12.0. The molecule has 0 saturated carbocycles. The Morgan fingerprint density at radius 2 is 2.24 bits per heavy atom. The second-order valence-corrected chi connectivity index (χ2v) is 6.07. The summed E-state index contributed by atoms with van der Waals surface area (Å²) in [5.41, 5.74) is 1.59. The van der Waals surface area contributed by atoms with Gasteiger partial charge in [-0.2, -0.15) is 0 Å². The lowest BCUT2D eigenvalue weighted by atomic mass is 10.1. The van der Waals surface area contributed by atoms with E-state index in [0.717, 1.165) is 6.42 Å². The van der Waals surface area contributed by atoms with Crippen LogP contribution >= 0.6 is 11.3 Å². The van der Waals surface area contributed by atoms with Crippen molar-refractivity contribution in [2.75, 3.05) is 0 Å². The zero-order valence-corrected chi connectivity index (χ0v) is 12.7. The monoisotopic (exact) mass is 300 g/mol. The Hall–Kier alpha value is -2.14. The van der Waals surface area contributed by atoms with Crippen molar-refractivity contribution in [2.24, 2.45) is 0 Å². The standard InChI is InChI=1S/C16H16N2O2S/c1-10(17-16(19)14-8-11(2)20-18-14)7-12-9-21-15-6-4-3-5-13(12)15/h3-6,8-10H,7H2,1-2H3,(H,17,19). The van der Waals surface area contributed by atoms with Gasteiger partial charge in [-0.05, 0) is 42.7 Å². The molecule has 2 aromatic heterocycles. The fraction of sp³-hybridized carbons (Fsp3) is 0.250. The van der Waals surface area contributed by atoms with E-state index in [1.165, 1.54) is 15.6 Å². The Morgan fingerprint density at radius 1 is 1.43 bits per heavy atom. The zero-order chi connectivity index (χ0) is 14.8. The molecular weight excluding hydrogens is 284 g/mol. The third-order valence-corrected chi connectivity index (χ3v) is 4.34. The molecule has 0 aliphatic heterocycles. The van der Waals surface area contributed by atoms with Crippen molar-refractivity contribution in [3.05, 3.63) is 52.7 Å². The van der Waals surface area contributed by atoms with E-state index in [-0.39, 0.29) is 11.9 Å². The minimum Gasteiger partial charge on any atom is -0.361 e. The van der Waals surface area contributed by atoms with Crippen LogP contribution in [0, 0.1) is 6.92 Å². The van der Waals surface area contributed by atoms with E-state index in [0.29, 0.717) is 11.5 Å². The van der Waals surface area contributed by atoms with E-state index in [1.807, 2.05) is 19.1 Å². The number of amides is 1. The minimum absolute atomic E-state index is 0.0347. The molecule has 0 radical (unpaired) electrons. The number of fused-ring (bicyclic) bond motifs is 1. The number of carbonyl (C=O) groups is 1. The molecular formula is C16H16N2O2S. The summed E-state index contributed by atoms with van der Waals surface area (Å²) >= 11 is 1.73. The quantitative estimate of drug-likeness (QED) is 0.801. The summed E-state index contributed by atoms with van der Waals surface area (Å²) in [6, 6.07) is 10.00. The van der Waals surface area contributed by atoms with Crippen LogP contribution in [0.2, 0.25) is 0 Å². The maximum atomic E-state index is 12.0. The first-order valence-corrected chi connectivity index (χ1v) is 7.71. The average Bonchev–Trinajstić information content (AvgIpc) is 3.06. The molecule has 3 rings (SSSR count). The third kappa shape index (κ3) is 2.97. The summed E-state index contributed by atoms with van der Waals surface area (Å²) in [5, 5.41) is 10.1. The molecule has 3 aromatic rings. The van der Waals surface area contributed by atoms with E-state index >= 15 is 0 Å². The van der Waals surface area contributed by atoms with E-state index in [4.69, 9.17) is 4.52 Å². The smallest absolute Gasteiger partial charge is 0.273 e. The first kappa shape index (κ1) is 13.8. The highest BCUT2D eigenvalue weighted by Gasteiger charge is 2.15. The molecule has 5 heteroatoms. The Morgan fingerprint density at radius 3 is 3.00 bits per heavy atom. The van der Waals surface area contributed by atoms with Gasteiger partial charge in [-0.15, -0.1) is 11.3 Å². The third-order valence-electron chi connectivity index (χ3n) is 3.33. The maximum Gasteiger partial charge on any atom is 0.273 e. The molecule has 0 aliphatic carbocycles. The molecule has 2 heterocycles. The highest BCUT2D eigenvalue weighted by atomic mass is 32.1. The molecule has 1 amide bonds. The van der Waals surface area contributed by atoms with E-state index in [2.05, 4.69) is 28.0 Å². The highest BCUT2D eigenvalue weighted by Crippen LogP contribution is 2.26. The van der Waals surface area contributed by atoms with Gasteiger partial charge in [0.15, 0.2) is 5.69 Å². The molecule has 0 bridgehead atoms.